The summed E-state index contributed by atoms with van der Waals surface area (Å²) < 4.78 is 20.0. The molecule has 8 bridgehead atoms. The number of carbonyl (C=O) groups is 3. The van der Waals surface area contributed by atoms with E-state index in [-0.39, 0.29) is 43.0 Å². The van der Waals surface area contributed by atoms with Gasteiger partial charge in [0, 0.05) is 23.7 Å². The molecular weight excluding hydrogens is 696 g/mol. The van der Waals surface area contributed by atoms with Gasteiger partial charge >= 0.3 is 0 Å². The Balaban J connectivity index is 1.10. The van der Waals surface area contributed by atoms with Crippen molar-refractivity contribution in [3.8, 4) is 0 Å². The normalized spacial score (nSPS) is 59.5. The molecule has 13 aliphatic rings. The topological polar surface area (TPSA) is 200 Å². The number of carbonyl (C=O) groups excluding carboxylic acids is 3. The minimum Gasteiger partial charge on any atom is -0.483 e. The van der Waals surface area contributed by atoms with Crippen LogP contribution in [0.5, 0.6) is 0 Å². The Bertz CT molecular complexity index is 1970. The smallest absolute Gasteiger partial charge is 0.208 e. The van der Waals surface area contributed by atoms with Gasteiger partial charge in [-0.25, -0.2) is 0 Å². The van der Waals surface area contributed by atoms with Crippen molar-refractivity contribution >= 4 is 17.3 Å². The van der Waals surface area contributed by atoms with E-state index < -0.39 is 121 Å². The van der Waals surface area contributed by atoms with Crippen LogP contribution < -0.4 is 0 Å². The van der Waals surface area contributed by atoms with Crippen molar-refractivity contribution < 1.29 is 59.2 Å². The maximum Gasteiger partial charge on any atom is 0.208 e. The number of ketones is 3. The monoisotopic (exact) mass is 748 g/mol. The van der Waals surface area contributed by atoms with Crippen molar-refractivity contribution in [3.05, 3.63) is 35.6 Å². The number of hydrogen-bond donors (Lipinski definition) is 6. The Labute approximate surface area is 313 Å². The van der Waals surface area contributed by atoms with Crippen LogP contribution in [-0.2, 0) is 28.6 Å². The van der Waals surface area contributed by atoms with E-state index in [0.717, 1.165) is 5.57 Å². The highest BCUT2D eigenvalue weighted by Crippen LogP contribution is 2.81. The fourth-order valence-corrected chi connectivity index (χ4v) is 17.1. The highest BCUT2D eigenvalue weighted by Gasteiger charge is 2.91. The second kappa shape index (κ2) is 9.36. The molecule has 6 N–H and O–H groups in total. The molecule has 5 spiro atoms. The molecule has 17 atom stereocenters. The van der Waals surface area contributed by atoms with E-state index in [4.69, 9.17) is 14.2 Å². The average Bonchev–Trinajstić information content (AvgIpc) is 3.26. The molecule has 5 aliphatic heterocycles. The van der Waals surface area contributed by atoms with E-state index in [1.807, 2.05) is 27.7 Å². The number of hydrogen-bond acceptors (Lipinski definition) is 12. The van der Waals surface area contributed by atoms with Gasteiger partial charge in [0.05, 0.1) is 36.3 Å². The number of aliphatic hydroxyl groups excluding tert-OH is 4. The molecule has 0 unspecified atom stereocenters. The molecule has 12 nitrogen and oxygen atoms in total. The maximum absolute atomic E-state index is 16.0. The van der Waals surface area contributed by atoms with Crippen LogP contribution in [0.2, 0.25) is 0 Å². The van der Waals surface area contributed by atoms with E-state index in [1.165, 1.54) is 0 Å². The Morgan fingerprint density at radius 2 is 1.15 bits per heavy atom. The fraction of sp³-hybridized carbons (Fsp3) is 0.786. The predicted molar refractivity (Wildman–Crippen MR) is 185 cm³/mol. The molecule has 11 fully saturated rings. The zero-order valence-electron chi connectivity index (χ0n) is 31.4. The average molecular weight is 749 g/mol. The minimum atomic E-state index is -2.43. The van der Waals surface area contributed by atoms with Gasteiger partial charge in [-0.2, -0.15) is 0 Å². The summed E-state index contributed by atoms with van der Waals surface area (Å²) in [4.78, 5) is 44.9. The van der Waals surface area contributed by atoms with Gasteiger partial charge in [-0.15, -0.1) is 0 Å². The molecule has 7 saturated carbocycles. The third kappa shape index (κ3) is 2.96. The second-order valence-corrected chi connectivity index (χ2v) is 20.9. The summed E-state index contributed by atoms with van der Waals surface area (Å²) in [6.45, 7) is 15.7. The third-order valence-corrected chi connectivity index (χ3v) is 18.4. The number of allylic oxidation sites excluding steroid dienone is 1. The quantitative estimate of drug-likeness (QED) is 0.196. The second-order valence-electron chi connectivity index (χ2n) is 20.9. The van der Waals surface area contributed by atoms with Crippen molar-refractivity contribution in [1.82, 2.24) is 0 Å². The van der Waals surface area contributed by atoms with Crippen LogP contribution in [0.15, 0.2) is 35.6 Å². The molecular formula is C42H52O12. The van der Waals surface area contributed by atoms with Gasteiger partial charge in [0.1, 0.15) is 28.8 Å². The van der Waals surface area contributed by atoms with Gasteiger partial charge in [-0.3, -0.25) is 14.4 Å². The number of fused-ring (bicyclic) bond motifs is 4. The van der Waals surface area contributed by atoms with E-state index in [9.17, 15) is 40.2 Å². The van der Waals surface area contributed by atoms with Crippen LogP contribution in [0, 0.1) is 68.0 Å². The molecule has 12 heteroatoms. The van der Waals surface area contributed by atoms with Crippen LogP contribution in [0.1, 0.15) is 79.1 Å². The molecule has 5 heterocycles. The van der Waals surface area contributed by atoms with Crippen molar-refractivity contribution in [3.63, 3.8) is 0 Å². The molecule has 0 aromatic carbocycles. The molecule has 292 valence electrons. The van der Waals surface area contributed by atoms with Crippen LogP contribution in [-0.4, -0.2) is 103 Å². The molecule has 13 rings (SSSR count). The summed E-state index contributed by atoms with van der Waals surface area (Å²) in [5.74, 6) is -10.00. The molecule has 54 heavy (non-hydrogen) atoms. The Morgan fingerprint density at radius 3 is 1.69 bits per heavy atom. The summed E-state index contributed by atoms with van der Waals surface area (Å²) in [5.41, 5.74) is -8.24. The molecule has 0 radical (unpaired) electrons. The molecule has 8 aliphatic carbocycles. The zero-order chi connectivity index (χ0) is 38.5. The van der Waals surface area contributed by atoms with Gasteiger partial charge in [0.2, 0.25) is 11.6 Å². The third-order valence-electron chi connectivity index (χ3n) is 18.4. The lowest BCUT2D eigenvalue weighted by atomic mass is 9.34. The standard InChI is InChI=1S/C42H52O12/c1-17-20-7-9-22-37-15-52-41(50,39(22,26(17)43)28(20)45)30(47)24(37)34(3,4)13-19-11-12-36(54-32(19)37)14-35(5,6)25-31(48)42(51)40-23(38(25,16-53-42)33(36)49)10-8-21(29(40)46)18(2)27(40)44/h20-25,28-31,45-48,50-51H,1-2,7-16H2,3-6H3/t20-,21-,22-,23-,24+,25+,28+,29+,30-,31-,36+,37-,38-,39-,40-,41+,42+/m0/s1. The molecule has 4 saturated heterocycles. The van der Waals surface area contributed by atoms with Crippen molar-refractivity contribution in [1.29, 1.82) is 0 Å². The van der Waals surface area contributed by atoms with Gasteiger partial charge in [-0.1, -0.05) is 40.9 Å². The number of aliphatic hydroxyl groups is 6. The van der Waals surface area contributed by atoms with Crippen molar-refractivity contribution in [2.45, 2.75) is 121 Å². The largest absolute Gasteiger partial charge is 0.483 e. The van der Waals surface area contributed by atoms with Crippen LogP contribution >= 0.6 is 0 Å². The summed E-state index contributed by atoms with van der Waals surface area (Å²) in [6.07, 6.45) is -2.98. The van der Waals surface area contributed by atoms with Crippen LogP contribution in [0.3, 0.4) is 0 Å². The Kier molecular flexibility index (Phi) is 6.05. The first-order chi connectivity index (χ1) is 25.1. The van der Waals surface area contributed by atoms with Crippen molar-refractivity contribution in [2.75, 3.05) is 13.2 Å². The van der Waals surface area contributed by atoms with E-state index in [2.05, 4.69) is 13.2 Å². The van der Waals surface area contributed by atoms with E-state index >= 15 is 4.79 Å². The lowest BCUT2D eigenvalue weighted by Gasteiger charge is -2.76. The van der Waals surface area contributed by atoms with E-state index in [0.29, 0.717) is 44.3 Å². The van der Waals surface area contributed by atoms with Gasteiger partial charge < -0.3 is 44.8 Å². The Morgan fingerprint density at radius 1 is 0.667 bits per heavy atom. The van der Waals surface area contributed by atoms with Crippen LogP contribution in [0.4, 0.5) is 0 Å². The van der Waals surface area contributed by atoms with Gasteiger partial charge in [0.15, 0.2) is 23.0 Å². The lowest BCUT2D eigenvalue weighted by molar-refractivity contribution is -0.447. The summed E-state index contributed by atoms with van der Waals surface area (Å²) in [5, 5.41) is 73.5. The maximum atomic E-state index is 16.0. The fourth-order valence-electron chi connectivity index (χ4n) is 17.1. The minimum absolute atomic E-state index is 0.0940. The molecule has 0 amide bonds. The van der Waals surface area contributed by atoms with Gasteiger partial charge in [-0.05, 0) is 90.8 Å². The predicted octanol–water partition coefficient (Wildman–Crippen LogP) is 1.64. The SMILES string of the molecule is C=C1C(=O)[C@]23[C@H](O)[C@H]1CC[C@H]2[C@@]12CO[C@]3(O)[C@@H](O)[C@@H]1C(C)(C)C[C@]1(CCC3=C(O1)[C@]14CO[C@](O)([C@@H](O)[C@@H]1C(C)(C)C3)[C@]13C(=O)C(=C)[C@H](CC[C@@H]41)[C@H]3O)C2=O. The van der Waals surface area contributed by atoms with E-state index in [1.54, 1.807) is 0 Å². The first-order valence-corrected chi connectivity index (χ1v) is 20.0. The highest BCUT2D eigenvalue weighted by molar-refractivity contribution is 6.07. The van der Waals surface area contributed by atoms with Gasteiger partial charge in [0.25, 0.3) is 0 Å². The zero-order valence-corrected chi connectivity index (χ0v) is 31.4. The summed E-state index contributed by atoms with van der Waals surface area (Å²) in [7, 11) is 0. The van der Waals surface area contributed by atoms with Crippen LogP contribution in [0.25, 0.3) is 0 Å². The Hall–Kier alpha value is -2.29. The number of ether oxygens (including phenoxy) is 3. The number of rotatable bonds is 0. The molecule has 0 aromatic heterocycles. The first-order valence-electron chi connectivity index (χ1n) is 20.0. The molecule has 0 aromatic rings. The van der Waals surface area contributed by atoms with Crippen molar-refractivity contribution in [2.24, 2.45) is 68.0 Å². The summed E-state index contributed by atoms with van der Waals surface area (Å²) in [6, 6.07) is 0. The first kappa shape index (κ1) is 34.9. The highest BCUT2D eigenvalue weighted by atomic mass is 16.7. The number of Topliss-reactive ketones (excluding diaryl/α,β-unsaturated/α-hetero) is 3. The summed E-state index contributed by atoms with van der Waals surface area (Å²) >= 11 is 0. The lowest BCUT2D eigenvalue weighted by Crippen LogP contribution is -2.87.